The van der Waals surface area contributed by atoms with E-state index >= 15 is 0 Å². The molecule has 0 saturated carbocycles. The molecule has 0 N–H and O–H groups in total. The van der Waals surface area contributed by atoms with E-state index in [1.807, 2.05) is 38.1 Å². The molecule has 1 aromatic carbocycles. The molecule has 0 fully saturated rings. The van der Waals surface area contributed by atoms with Crippen LogP contribution < -0.4 is 4.90 Å². The van der Waals surface area contributed by atoms with Crippen LogP contribution >= 0.6 is 11.3 Å². The van der Waals surface area contributed by atoms with Crippen molar-refractivity contribution in [2.45, 2.75) is 40.3 Å². The van der Waals surface area contributed by atoms with Gasteiger partial charge < -0.3 is 0 Å². The van der Waals surface area contributed by atoms with Crippen molar-refractivity contribution in [2.75, 3.05) is 4.90 Å². The Morgan fingerprint density at radius 1 is 1.17 bits per heavy atom. The monoisotopic (exact) mass is 405 g/mol. The number of hydrogen-bond acceptors (Lipinski definition) is 5. The number of amides is 1. The van der Waals surface area contributed by atoms with Gasteiger partial charge in [-0.2, -0.15) is 5.10 Å². The molecule has 0 aliphatic heterocycles. The summed E-state index contributed by atoms with van der Waals surface area (Å²) in [7, 11) is 0. The van der Waals surface area contributed by atoms with Crippen molar-refractivity contribution in [3.8, 4) is 0 Å². The van der Waals surface area contributed by atoms with Gasteiger partial charge >= 0.3 is 0 Å². The first-order chi connectivity index (χ1) is 14.1. The van der Waals surface area contributed by atoms with Crippen LogP contribution in [0.1, 0.15) is 41.2 Å². The fraction of sp³-hybridized carbons (Fsp3) is 0.273. The second-order valence-electron chi connectivity index (χ2n) is 6.89. The lowest BCUT2D eigenvalue weighted by Gasteiger charge is -2.20. The van der Waals surface area contributed by atoms with Gasteiger partial charge in [0, 0.05) is 18.9 Å². The van der Waals surface area contributed by atoms with E-state index in [0.717, 1.165) is 27.9 Å². The fourth-order valence-corrected chi connectivity index (χ4v) is 4.32. The van der Waals surface area contributed by atoms with E-state index in [9.17, 15) is 4.79 Å². The van der Waals surface area contributed by atoms with Gasteiger partial charge in [0.15, 0.2) is 5.13 Å². The molecule has 0 saturated heterocycles. The Labute approximate surface area is 173 Å². The highest BCUT2D eigenvalue weighted by Gasteiger charge is 2.25. The fourth-order valence-electron chi connectivity index (χ4n) is 3.29. The van der Waals surface area contributed by atoms with Crippen molar-refractivity contribution in [1.82, 2.24) is 19.7 Å². The standard InChI is InChI=1S/C22H23N5OS/c1-4-16-8-9-18-20(12-16)29-22(24-18)26(14-17-7-6-10-23-13-17)21(28)19-11-15(3)25-27(19)5-2/h6-13H,4-5,14H2,1-3H3. The maximum Gasteiger partial charge on any atom is 0.278 e. The van der Waals surface area contributed by atoms with E-state index in [2.05, 4.69) is 29.1 Å². The summed E-state index contributed by atoms with van der Waals surface area (Å²) in [4.78, 5) is 24.2. The zero-order valence-electron chi connectivity index (χ0n) is 16.8. The van der Waals surface area contributed by atoms with Gasteiger partial charge in [0.1, 0.15) is 5.69 Å². The van der Waals surface area contributed by atoms with Gasteiger partial charge in [0.2, 0.25) is 0 Å². The predicted molar refractivity (Wildman–Crippen MR) is 116 cm³/mol. The summed E-state index contributed by atoms with van der Waals surface area (Å²) < 4.78 is 2.83. The van der Waals surface area contributed by atoms with Gasteiger partial charge in [-0.05, 0) is 55.7 Å². The van der Waals surface area contributed by atoms with Crippen molar-refractivity contribution in [2.24, 2.45) is 0 Å². The van der Waals surface area contributed by atoms with E-state index < -0.39 is 0 Å². The number of pyridine rings is 1. The molecule has 0 aliphatic carbocycles. The third-order valence-corrected chi connectivity index (χ3v) is 5.85. The molecule has 7 heteroatoms. The third kappa shape index (κ3) is 3.91. The Balaban J connectivity index is 1.78. The lowest BCUT2D eigenvalue weighted by Crippen LogP contribution is -2.32. The van der Waals surface area contributed by atoms with E-state index in [-0.39, 0.29) is 5.91 Å². The zero-order chi connectivity index (χ0) is 20.4. The molecule has 6 nitrogen and oxygen atoms in total. The average Bonchev–Trinajstić information content (AvgIpc) is 3.34. The molecule has 148 valence electrons. The predicted octanol–water partition coefficient (Wildman–Crippen LogP) is 4.63. The second-order valence-corrected chi connectivity index (χ2v) is 7.90. The zero-order valence-corrected chi connectivity index (χ0v) is 17.6. The van der Waals surface area contributed by atoms with E-state index in [1.165, 1.54) is 5.56 Å². The largest absolute Gasteiger partial charge is 0.278 e. The van der Waals surface area contributed by atoms with Gasteiger partial charge in [-0.15, -0.1) is 0 Å². The number of aromatic nitrogens is 4. The van der Waals surface area contributed by atoms with Crippen molar-refractivity contribution >= 4 is 32.6 Å². The van der Waals surface area contributed by atoms with Crippen LogP contribution in [0.25, 0.3) is 10.2 Å². The van der Waals surface area contributed by atoms with Crippen LogP contribution in [-0.4, -0.2) is 25.7 Å². The van der Waals surface area contributed by atoms with Crippen molar-refractivity contribution in [1.29, 1.82) is 0 Å². The first-order valence-corrected chi connectivity index (χ1v) is 10.6. The Hall–Kier alpha value is -3.06. The summed E-state index contributed by atoms with van der Waals surface area (Å²) in [5.74, 6) is -0.105. The van der Waals surface area contributed by atoms with Crippen LogP contribution in [0.2, 0.25) is 0 Å². The molecule has 0 atom stereocenters. The number of nitrogens with zero attached hydrogens (tertiary/aromatic N) is 5. The number of thiazole rings is 1. The van der Waals surface area contributed by atoms with Gasteiger partial charge in [-0.25, -0.2) is 4.98 Å². The summed E-state index contributed by atoms with van der Waals surface area (Å²) in [6.45, 7) is 7.06. The van der Waals surface area contributed by atoms with Crippen LogP contribution in [0.5, 0.6) is 0 Å². The summed E-state index contributed by atoms with van der Waals surface area (Å²) in [6, 6.07) is 12.0. The van der Waals surface area contributed by atoms with Crippen LogP contribution in [0, 0.1) is 6.92 Å². The number of carbonyl (C=O) groups excluding carboxylic acids is 1. The average molecular weight is 406 g/mol. The molecule has 4 aromatic rings. The SMILES string of the molecule is CCc1ccc2nc(N(Cc3cccnc3)C(=O)c3cc(C)nn3CC)sc2c1. The highest BCUT2D eigenvalue weighted by molar-refractivity contribution is 7.22. The van der Waals surface area contributed by atoms with E-state index in [4.69, 9.17) is 4.98 Å². The van der Waals surface area contributed by atoms with Gasteiger partial charge in [0.25, 0.3) is 5.91 Å². The van der Waals surface area contributed by atoms with E-state index in [0.29, 0.717) is 23.9 Å². The summed E-state index contributed by atoms with van der Waals surface area (Å²) in [5, 5.41) is 5.12. The third-order valence-electron chi connectivity index (χ3n) is 4.81. The topological polar surface area (TPSA) is 63.9 Å². The molecule has 3 heterocycles. The van der Waals surface area contributed by atoms with Crippen molar-refractivity contribution in [3.05, 3.63) is 71.3 Å². The number of rotatable bonds is 6. The summed E-state index contributed by atoms with van der Waals surface area (Å²) >= 11 is 1.54. The van der Waals surface area contributed by atoms with Crippen LogP contribution in [0.15, 0.2) is 48.8 Å². The molecule has 4 rings (SSSR count). The Bertz CT molecular complexity index is 1150. The number of carbonyl (C=O) groups is 1. The molecule has 0 aliphatic rings. The number of hydrogen-bond donors (Lipinski definition) is 0. The highest BCUT2D eigenvalue weighted by atomic mass is 32.1. The lowest BCUT2D eigenvalue weighted by atomic mass is 10.2. The molecule has 0 spiro atoms. The molecular weight excluding hydrogens is 382 g/mol. The Morgan fingerprint density at radius 3 is 2.76 bits per heavy atom. The first-order valence-electron chi connectivity index (χ1n) is 9.73. The number of fused-ring (bicyclic) bond motifs is 1. The highest BCUT2D eigenvalue weighted by Crippen LogP contribution is 2.31. The minimum absolute atomic E-state index is 0.105. The normalized spacial score (nSPS) is 11.1. The minimum atomic E-state index is -0.105. The minimum Gasteiger partial charge on any atom is -0.278 e. The molecule has 3 aromatic heterocycles. The quantitative estimate of drug-likeness (QED) is 0.469. The summed E-state index contributed by atoms with van der Waals surface area (Å²) in [6.07, 6.45) is 4.48. The van der Waals surface area contributed by atoms with Gasteiger partial charge in [-0.1, -0.05) is 30.4 Å². The first kappa shape index (κ1) is 19.3. The van der Waals surface area contributed by atoms with Crippen LogP contribution in [0.4, 0.5) is 5.13 Å². The Kier molecular flexibility index (Phi) is 5.40. The maximum atomic E-state index is 13.6. The van der Waals surface area contributed by atoms with E-state index in [1.54, 1.807) is 33.3 Å². The molecule has 0 unspecified atom stereocenters. The molecule has 0 bridgehead atoms. The molecule has 0 radical (unpaired) electrons. The lowest BCUT2D eigenvalue weighted by molar-refractivity contribution is 0.0975. The van der Waals surface area contributed by atoms with Crippen LogP contribution in [-0.2, 0) is 19.5 Å². The molecule has 29 heavy (non-hydrogen) atoms. The van der Waals surface area contributed by atoms with Crippen molar-refractivity contribution in [3.63, 3.8) is 0 Å². The summed E-state index contributed by atoms with van der Waals surface area (Å²) in [5.41, 5.74) is 4.52. The smallest absolute Gasteiger partial charge is 0.278 e. The maximum absolute atomic E-state index is 13.6. The number of anilines is 1. The number of aryl methyl sites for hydroxylation is 3. The van der Waals surface area contributed by atoms with Gasteiger partial charge in [0.05, 0.1) is 22.5 Å². The number of benzene rings is 1. The molecular formula is C22H23N5OS. The molecule has 1 amide bonds. The van der Waals surface area contributed by atoms with Crippen molar-refractivity contribution < 1.29 is 4.79 Å². The Morgan fingerprint density at radius 2 is 2.03 bits per heavy atom. The van der Waals surface area contributed by atoms with Crippen LogP contribution in [0.3, 0.4) is 0 Å². The van der Waals surface area contributed by atoms with Gasteiger partial charge in [-0.3, -0.25) is 19.4 Å². The second kappa shape index (κ2) is 8.13.